The van der Waals surface area contributed by atoms with Crippen LogP contribution in [-0.4, -0.2) is 0 Å². The fraction of sp³-hybridized carbons (Fsp3) is 0.250. The zero-order chi connectivity index (χ0) is 7.40. The van der Waals surface area contributed by atoms with E-state index in [-0.39, 0.29) is 0 Å². The predicted molar refractivity (Wildman–Crippen MR) is 43.6 cm³/mol. The van der Waals surface area contributed by atoms with Gasteiger partial charge in [0, 0.05) is 0 Å². The third-order valence-electron chi connectivity index (χ3n) is 1.55. The minimum atomic E-state index is 1.01. The molecule has 0 aliphatic heterocycles. The second kappa shape index (κ2) is 3.22. The fourth-order valence-corrected chi connectivity index (χ4v) is 0.969. The Labute approximate surface area is 61.0 Å². The molecule has 0 amide bonds. The number of hydrazine groups is 1. The molecule has 2 nitrogen and oxygen atoms in total. The average Bonchev–Trinajstić information content (AvgIpc) is 2.04. The molecule has 3 N–H and O–H groups in total. The molecule has 0 atom stereocenters. The number of para-hydroxylation sites is 1. The molecule has 0 spiro atoms. The maximum Gasteiger partial charge on any atom is 0.0516 e. The lowest BCUT2D eigenvalue weighted by atomic mass is 10.1. The van der Waals surface area contributed by atoms with Gasteiger partial charge < -0.3 is 5.43 Å². The van der Waals surface area contributed by atoms with Crippen molar-refractivity contribution >= 4 is 5.69 Å². The SMILES string of the molecule is CCc1ccccc1NN. The molecule has 1 rings (SSSR count). The van der Waals surface area contributed by atoms with Crippen molar-refractivity contribution in [2.24, 2.45) is 5.84 Å². The van der Waals surface area contributed by atoms with E-state index < -0.39 is 0 Å². The van der Waals surface area contributed by atoms with E-state index in [0.717, 1.165) is 12.1 Å². The Kier molecular flexibility index (Phi) is 2.29. The molecule has 2 heteroatoms. The Morgan fingerprint density at radius 3 is 2.60 bits per heavy atom. The van der Waals surface area contributed by atoms with Gasteiger partial charge in [0.1, 0.15) is 0 Å². The van der Waals surface area contributed by atoms with E-state index in [9.17, 15) is 0 Å². The fourth-order valence-electron chi connectivity index (χ4n) is 0.969. The van der Waals surface area contributed by atoms with Crippen LogP contribution in [0.25, 0.3) is 0 Å². The molecule has 0 heterocycles. The summed E-state index contributed by atoms with van der Waals surface area (Å²) < 4.78 is 0. The van der Waals surface area contributed by atoms with Gasteiger partial charge in [-0.15, -0.1) is 0 Å². The van der Waals surface area contributed by atoms with Crippen molar-refractivity contribution in [3.63, 3.8) is 0 Å². The third-order valence-corrected chi connectivity index (χ3v) is 1.55. The maximum atomic E-state index is 5.28. The van der Waals surface area contributed by atoms with Crippen LogP contribution in [0.2, 0.25) is 0 Å². The predicted octanol–water partition coefficient (Wildman–Crippen LogP) is 1.53. The molecular formula is C8H12N2. The summed E-state index contributed by atoms with van der Waals surface area (Å²) in [5.74, 6) is 5.28. The van der Waals surface area contributed by atoms with Crippen molar-refractivity contribution in [3.8, 4) is 0 Å². The van der Waals surface area contributed by atoms with Crippen molar-refractivity contribution in [2.45, 2.75) is 13.3 Å². The molecule has 0 saturated heterocycles. The van der Waals surface area contributed by atoms with Gasteiger partial charge in [-0.1, -0.05) is 25.1 Å². The van der Waals surface area contributed by atoms with Crippen LogP contribution in [0.15, 0.2) is 24.3 Å². The highest BCUT2D eigenvalue weighted by atomic mass is 15.2. The smallest absolute Gasteiger partial charge is 0.0516 e. The summed E-state index contributed by atoms with van der Waals surface area (Å²) in [5.41, 5.74) is 4.92. The highest BCUT2D eigenvalue weighted by Crippen LogP contribution is 2.12. The molecule has 0 aromatic heterocycles. The van der Waals surface area contributed by atoms with Gasteiger partial charge in [-0.25, -0.2) is 0 Å². The Balaban J connectivity index is 2.96. The molecule has 0 radical (unpaired) electrons. The molecule has 1 aromatic rings. The van der Waals surface area contributed by atoms with Crippen LogP contribution in [-0.2, 0) is 6.42 Å². The van der Waals surface area contributed by atoms with Crippen molar-refractivity contribution in [1.29, 1.82) is 0 Å². The molecule has 0 fully saturated rings. The molecule has 0 bridgehead atoms. The molecular weight excluding hydrogens is 124 g/mol. The maximum absolute atomic E-state index is 5.28. The van der Waals surface area contributed by atoms with Gasteiger partial charge in [0.2, 0.25) is 0 Å². The zero-order valence-electron chi connectivity index (χ0n) is 6.09. The Hall–Kier alpha value is -1.02. The molecule has 0 saturated carbocycles. The quantitative estimate of drug-likeness (QED) is 0.478. The van der Waals surface area contributed by atoms with Crippen LogP contribution >= 0.6 is 0 Å². The minimum absolute atomic E-state index is 1.01. The molecule has 10 heavy (non-hydrogen) atoms. The largest absolute Gasteiger partial charge is 0.324 e. The summed E-state index contributed by atoms with van der Waals surface area (Å²) in [7, 11) is 0. The first kappa shape index (κ1) is 7.09. The van der Waals surface area contributed by atoms with E-state index in [1.54, 1.807) is 0 Å². The summed E-state index contributed by atoms with van der Waals surface area (Å²) in [4.78, 5) is 0. The highest BCUT2D eigenvalue weighted by molar-refractivity contribution is 5.49. The van der Waals surface area contributed by atoms with Gasteiger partial charge in [-0.05, 0) is 18.1 Å². The van der Waals surface area contributed by atoms with Gasteiger partial charge in [0.25, 0.3) is 0 Å². The van der Waals surface area contributed by atoms with E-state index in [1.165, 1.54) is 5.56 Å². The van der Waals surface area contributed by atoms with Gasteiger partial charge in [-0.2, -0.15) is 0 Å². The van der Waals surface area contributed by atoms with Gasteiger partial charge >= 0.3 is 0 Å². The number of hydrogen-bond donors (Lipinski definition) is 2. The second-order valence-corrected chi connectivity index (χ2v) is 2.16. The van der Waals surface area contributed by atoms with Gasteiger partial charge in [-0.3, -0.25) is 5.84 Å². The van der Waals surface area contributed by atoms with E-state index in [4.69, 9.17) is 5.84 Å². The summed E-state index contributed by atoms with van der Waals surface area (Å²) in [6.45, 7) is 2.11. The van der Waals surface area contributed by atoms with E-state index >= 15 is 0 Å². The topological polar surface area (TPSA) is 38.0 Å². The zero-order valence-corrected chi connectivity index (χ0v) is 6.09. The Morgan fingerprint density at radius 2 is 2.10 bits per heavy atom. The first-order chi connectivity index (χ1) is 4.88. The summed E-state index contributed by atoms with van der Waals surface area (Å²) in [6.07, 6.45) is 1.01. The number of hydrogen-bond acceptors (Lipinski definition) is 2. The van der Waals surface area contributed by atoms with Crippen molar-refractivity contribution in [2.75, 3.05) is 5.43 Å². The van der Waals surface area contributed by atoms with Crippen LogP contribution in [0, 0.1) is 0 Å². The minimum Gasteiger partial charge on any atom is -0.324 e. The number of nitrogens with two attached hydrogens (primary N) is 1. The number of anilines is 1. The molecule has 54 valence electrons. The summed E-state index contributed by atoms with van der Waals surface area (Å²) in [5, 5.41) is 0. The van der Waals surface area contributed by atoms with Crippen LogP contribution in [0.3, 0.4) is 0 Å². The molecule has 1 aromatic carbocycles. The van der Waals surface area contributed by atoms with E-state index in [0.29, 0.717) is 0 Å². The lowest BCUT2D eigenvalue weighted by Gasteiger charge is -2.04. The van der Waals surface area contributed by atoms with Crippen LogP contribution < -0.4 is 11.3 Å². The number of nitrogens with one attached hydrogen (secondary N) is 1. The Bertz CT molecular complexity index is 185. The molecule has 0 unspecified atom stereocenters. The lowest BCUT2D eigenvalue weighted by Crippen LogP contribution is -2.08. The molecule has 0 aliphatic rings. The number of benzene rings is 1. The Morgan fingerprint density at radius 1 is 1.40 bits per heavy atom. The monoisotopic (exact) mass is 136 g/mol. The average molecular weight is 136 g/mol. The van der Waals surface area contributed by atoms with Crippen LogP contribution in [0.5, 0.6) is 0 Å². The normalized spacial score (nSPS) is 9.40. The van der Waals surface area contributed by atoms with E-state index in [1.807, 2.05) is 18.2 Å². The second-order valence-electron chi connectivity index (χ2n) is 2.16. The van der Waals surface area contributed by atoms with Gasteiger partial charge in [0.15, 0.2) is 0 Å². The molecule has 0 aliphatic carbocycles. The van der Waals surface area contributed by atoms with Crippen LogP contribution in [0.1, 0.15) is 12.5 Å². The number of nitrogen functional groups attached to an aromatic ring is 1. The van der Waals surface area contributed by atoms with Crippen molar-refractivity contribution in [3.05, 3.63) is 29.8 Å². The van der Waals surface area contributed by atoms with Gasteiger partial charge in [0.05, 0.1) is 5.69 Å². The highest BCUT2D eigenvalue weighted by Gasteiger charge is 1.93. The number of aryl methyl sites for hydroxylation is 1. The summed E-state index contributed by atoms with van der Waals surface area (Å²) in [6, 6.07) is 8.02. The number of rotatable bonds is 2. The standard InChI is InChI=1S/C8H12N2/c1-2-7-5-3-4-6-8(7)10-9/h3-6,10H,2,9H2,1H3. The van der Waals surface area contributed by atoms with E-state index in [2.05, 4.69) is 18.4 Å². The lowest BCUT2D eigenvalue weighted by molar-refractivity contribution is 1.13. The van der Waals surface area contributed by atoms with Crippen molar-refractivity contribution < 1.29 is 0 Å². The van der Waals surface area contributed by atoms with Crippen LogP contribution in [0.4, 0.5) is 5.69 Å². The van der Waals surface area contributed by atoms with Crippen molar-refractivity contribution in [1.82, 2.24) is 0 Å². The third kappa shape index (κ3) is 1.28. The first-order valence-electron chi connectivity index (χ1n) is 3.43. The summed E-state index contributed by atoms with van der Waals surface area (Å²) >= 11 is 0. The first-order valence-corrected chi connectivity index (χ1v) is 3.43.